The number of anilines is 1. The van der Waals surface area contributed by atoms with E-state index in [-0.39, 0.29) is 62.3 Å². The normalized spacial score (nSPS) is 16.5. The largest absolute Gasteiger partial charge is 0.456 e. The zero-order valence-corrected chi connectivity index (χ0v) is 23.7. The maximum absolute atomic E-state index is 13.2. The van der Waals surface area contributed by atoms with Crippen molar-refractivity contribution < 1.29 is 27.5 Å². The first-order valence-electron chi connectivity index (χ1n) is 13.8. The Morgan fingerprint density at radius 3 is 1.98 bits per heavy atom. The van der Waals surface area contributed by atoms with Crippen LogP contribution < -0.4 is 4.90 Å². The number of fused-ring (bicyclic) bond motifs is 1. The Bertz CT molecular complexity index is 1500. The van der Waals surface area contributed by atoms with Crippen LogP contribution in [0.2, 0.25) is 0 Å². The zero-order chi connectivity index (χ0) is 28.8. The van der Waals surface area contributed by atoms with Crippen LogP contribution in [0.4, 0.5) is 5.69 Å². The van der Waals surface area contributed by atoms with E-state index in [0.717, 1.165) is 16.5 Å². The highest BCUT2D eigenvalue weighted by atomic mass is 32.2. The van der Waals surface area contributed by atoms with Gasteiger partial charge in [-0.05, 0) is 35.0 Å². The summed E-state index contributed by atoms with van der Waals surface area (Å²) in [5.41, 5.74) is 1.11. The third-order valence-electron chi connectivity index (χ3n) is 7.60. The summed E-state index contributed by atoms with van der Waals surface area (Å²) in [4.78, 5) is 43.1. The van der Waals surface area contributed by atoms with Crippen LogP contribution in [0.5, 0.6) is 0 Å². The average molecular weight is 579 g/mol. The Balaban J connectivity index is 1.02. The van der Waals surface area contributed by atoms with E-state index >= 15 is 0 Å². The van der Waals surface area contributed by atoms with E-state index in [2.05, 4.69) is 4.90 Å². The quantitative estimate of drug-likeness (QED) is 0.378. The Labute approximate surface area is 240 Å². The molecule has 2 fully saturated rings. The number of sulfonamides is 1. The second kappa shape index (κ2) is 12.7. The van der Waals surface area contributed by atoms with Crippen LogP contribution in [0, 0.1) is 0 Å². The maximum atomic E-state index is 13.2. The van der Waals surface area contributed by atoms with E-state index in [0.29, 0.717) is 26.2 Å². The van der Waals surface area contributed by atoms with E-state index < -0.39 is 16.0 Å². The molecule has 11 heteroatoms. The highest BCUT2D eigenvalue weighted by Crippen LogP contribution is 2.23. The second-order valence-electron chi connectivity index (χ2n) is 10.2. The van der Waals surface area contributed by atoms with Crippen molar-refractivity contribution in [2.45, 2.75) is 17.7 Å². The molecule has 0 atom stereocenters. The molecule has 3 aromatic carbocycles. The fourth-order valence-corrected chi connectivity index (χ4v) is 6.64. The van der Waals surface area contributed by atoms with Crippen molar-refractivity contribution in [1.29, 1.82) is 0 Å². The van der Waals surface area contributed by atoms with Crippen LogP contribution in [0.25, 0.3) is 10.8 Å². The van der Waals surface area contributed by atoms with Crippen molar-refractivity contribution in [2.24, 2.45) is 0 Å². The minimum Gasteiger partial charge on any atom is -0.456 e. The van der Waals surface area contributed by atoms with Crippen LogP contribution in [-0.2, 0) is 29.1 Å². The summed E-state index contributed by atoms with van der Waals surface area (Å²) in [7, 11) is -3.69. The first kappa shape index (κ1) is 28.6. The number of benzene rings is 3. The Morgan fingerprint density at radius 2 is 1.27 bits per heavy atom. The highest BCUT2D eigenvalue weighted by molar-refractivity contribution is 7.89. The van der Waals surface area contributed by atoms with Crippen LogP contribution in [0.1, 0.15) is 12.8 Å². The maximum Gasteiger partial charge on any atom is 0.306 e. The molecule has 0 radical (unpaired) electrons. The van der Waals surface area contributed by atoms with Gasteiger partial charge in [0.25, 0.3) is 5.91 Å². The van der Waals surface area contributed by atoms with Crippen LogP contribution in [-0.4, -0.2) is 99.3 Å². The van der Waals surface area contributed by atoms with Gasteiger partial charge in [0, 0.05) is 64.5 Å². The van der Waals surface area contributed by atoms with Crippen molar-refractivity contribution in [1.82, 2.24) is 14.1 Å². The van der Waals surface area contributed by atoms with Gasteiger partial charge in [-0.1, -0.05) is 48.5 Å². The van der Waals surface area contributed by atoms with Gasteiger partial charge in [0.15, 0.2) is 6.61 Å². The molecule has 10 nitrogen and oxygen atoms in total. The van der Waals surface area contributed by atoms with Crippen LogP contribution in [0.3, 0.4) is 0 Å². The van der Waals surface area contributed by atoms with Crippen molar-refractivity contribution in [3.05, 3.63) is 72.8 Å². The fraction of sp³-hybridized carbons (Fsp3) is 0.367. The van der Waals surface area contributed by atoms with E-state index in [1.165, 1.54) is 4.31 Å². The molecule has 0 N–H and O–H groups in total. The summed E-state index contributed by atoms with van der Waals surface area (Å²) in [5.74, 6) is -1.10. The van der Waals surface area contributed by atoms with Gasteiger partial charge in [-0.15, -0.1) is 0 Å². The van der Waals surface area contributed by atoms with Crippen molar-refractivity contribution in [3.8, 4) is 0 Å². The summed E-state index contributed by atoms with van der Waals surface area (Å²) >= 11 is 0. The van der Waals surface area contributed by atoms with Gasteiger partial charge in [-0.25, -0.2) is 8.42 Å². The number of hydrogen-bond donors (Lipinski definition) is 0. The van der Waals surface area contributed by atoms with Gasteiger partial charge in [0.1, 0.15) is 0 Å². The van der Waals surface area contributed by atoms with Gasteiger partial charge in [0.05, 0.1) is 11.3 Å². The van der Waals surface area contributed by atoms with E-state index in [4.69, 9.17) is 4.74 Å². The monoisotopic (exact) mass is 578 g/mol. The number of carbonyl (C=O) groups excluding carboxylic acids is 3. The number of piperazine rings is 2. The molecule has 2 amide bonds. The van der Waals surface area contributed by atoms with Crippen molar-refractivity contribution in [2.75, 3.05) is 63.9 Å². The molecule has 0 bridgehead atoms. The minimum absolute atomic E-state index is 0.0554. The van der Waals surface area contributed by atoms with Crippen LogP contribution >= 0.6 is 0 Å². The number of amides is 2. The second-order valence-corrected chi connectivity index (χ2v) is 12.1. The molecule has 0 aromatic heterocycles. The molecule has 2 aliphatic heterocycles. The summed E-state index contributed by atoms with van der Waals surface area (Å²) < 4.78 is 32.9. The first-order chi connectivity index (χ1) is 19.8. The summed E-state index contributed by atoms with van der Waals surface area (Å²) in [5, 5.41) is 1.81. The molecule has 2 aliphatic rings. The van der Waals surface area contributed by atoms with Crippen LogP contribution in [0.15, 0.2) is 77.7 Å². The molecule has 2 heterocycles. The topological polar surface area (TPSA) is 108 Å². The summed E-state index contributed by atoms with van der Waals surface area (Å²) in [6, 6.07) is 22.6. The number of ether oxygens (including phenoxy) is 1. The number of esters is 1. The molecule has 0 spiro atoms. The average Bonchev–Trinajstić information content (AvgIpc) is 3.02. The number of hydrogen-bond acceptors (Lipinski definition) is 7. The third kappa shape index (κ3) is 6.86. The number of para-hydroxylation sites is 1. The van der Waals surface area contributed by atoms with Gasteiger partial charge in [-0.3, -0.25) is 14.4 Å². The minimum atomic E-state index is -3.69. The molecule has 41 heavy (non-hydrogen) atoms. The molecule has 3 aromatic rings. The molecule has 2 saturated heterocycles. The first-order valence-corrected chi connectivity index (χ1v) is 15.3. The Kier molecular flexibility index (Phi) is 8.84. The number of rotatable bonds is 8. The smallest absolute Gasteiger partial charge is 0.306 e. The summed E-state index contributed by atoms with van der Waals surface area (Å²) in [6.07, 6.45) is -0.191. The third-order valence-corrected chi connectivity index (χ3v) is 9.50. The standard InChI is InChI=1S/C30H34N4O6S/c35-28(12-13-30(37)40-23-29(36)33-16-14-31(15-17-33)26-8-2-1-3-9-26)32-18-20-34(21-19-32)41(38,39)27-11-10-24-6-4-5-7-25(24)22-27/h1-11,22H,12-21,23H2. The SMILES string of the molecule is O=C(CCC(=O)N1CCN(S(=O)(=O)c2ccc3ccccc3c2)CC1)OCC(=O)N1CCN(c2ccccc2)CC1. The number of carbonyl (C=O) groups is 3. The zero-order valence-electron chi connectivity index (χ0n) is 22.9. The molecule has 5 rings (SSSR count). The van der Waals surface area contributed by atoms with Gasteiger partial charge in [0.2, 0.25) is 15.9 Å². The molecule has 0 unspecified atom stereocenters. The van der Waals surface area contributed by atoms with Crippen molar-refractivity contribution in [3.63, 3.8) is 0 Å². The molecular formula is C30H34N4O6S. The van der Waals surface area contributed by atoms with Crippen molar-refractivity contribution >= 4 is 44.3 Å². The van der Waals surface area contributed by atoms with E-state index in [1.807, 2.05) is 54.6 Å². The van der Waals surface area contributed by atoms with Gasteiger partial charge < -0.3 is 19.4 Å². The van der Waals surface area contributed by atoms with E-state index in [9.17, 15) is 22.8 Å². The fourth-order valence-electron chi connectivity index (χ4n) is 5.18. The van der Waals surface area contributed by atoms with Gasteiger partial charge >= 0.3 is 5.97 Å². The highest BCUT2D eigenvalue weighted by Gasteiger charge is 2.30. The Hall–Kier alpha value is -3.96. The summed E-state index contributed by atoms with van der Waals surface area (Å²) in [6.45, 7) is 3.00. The number of nitrogens with zero attached hydrogens (tertiary/aromatic N) is 4. The lowest BCUT2D eigenvalue weighted by Gasteiger charge is -2.36. The lowest BCUT2D eigenvalue weighted by atomic mass is 10.1. The van der Waals surface area contributed by atoms with Gasteiger partial charge in [-0.2, -0.15) is 4.31 Å². The lowest BCUT2D eigenvalue weighted by molar-refractivity contribution is -0.153. The van der Waals surface area contributed by atoms with E-state index in [1.54, 1.807) is 28.0 Å². The molecular weight excluding hydrogens is 544 g/mol. The molecule has 0 aliphatic carbocycles. The molecule has 216 valence electrons. The predicted octanol–water partition coefficient (Wildman–Crippen LogP) is 2.34. The Morgan fingerprint density at radius 1 is 0.659 bits per heavy atom. The molecule has 0 saturated carbocycles. The lowest BCUT2D eigenvalue weighted by Crippen LogP contribution is -2.50. The predicted molar refractivity (Wildman–Crippen MR) is 155 cm³/mol.